The zero-order valence-electron chi connectivity index (χ0n) is 16.6. The molecule has 0 spiro atoms. The van der Waals surface area contributed by atoms with Crippen molar-refractivity contribution >= 4 is 0 Å². The zero-order chi connectivity index (χ0) is 18.8. The third-order valence-electron chi connectivity index (χ3n) is 5.40. The highest BCUT2D eigenvalue weighted by atomic mass is 16.8. The van der Waals surface area contributed by atoms with Crippen LogP contribution in [0.4, 0.5) is 0 Å². The van der Waals surface area contributed by atoms with Gasteiger partial charge in [-0.3, -0.25) is 4.84 Å². The van der Waals surface area contributed by atoms with E-state index in [1.807, 2.05) is 60.5 Å². The van der Waals surface area contributed by atoms with Crippen molar-refractivity contribution in [1.29, 1.82) is 0 Å². The lowest BCUT2D eigenvalue weighted by molar-refractivity contribution is -0.428. The van der Waals surface area contributed by atoms with E-state index >= 15 is 0 Å². The molecule has 2 heterocycles. The number of piperidine rings is 2. The predicted molar refractivity (Wildman–Crippen MR) is 92.3 cm³/mol. The van der Waals surface area contributed by atoms with Gasteiger partial charge in [-0.15, -0.1) is 0 Å². The lowest BCUT2D eigenvalue weighted by Crippen LogP contribution is -2.69. The lowest BCUT2D eigenvalue weighted by Gasteiger charge is -2.59. The fraction of sp³-hybridized carbons (Fsp3) is 1.00. The zero-order valence-corrected chi connectivity index (χ0v) is 16.6. The van der Waals surface area contributed by atoms with E-state index in [4.69, 9.17) is 4.84 Å². The first-order valence-electron chi connectivity index (χ1n) is 8.90. The van der Waals surface area contributed by atoms with Crippen molar-refractivity contribution in [3.63, 3.8) is 0 Å². The molecule has 0 amide bonds. The van der Waals surface area contributed by atoms with Gasteiger partial charge in [-0.2, -0.15) is 10.1 Å². The van der Waals surface area contributed by atoms with Gasteiger partial charge in [0.05, 0.1) is 6.10 Å². The SMILES string of the molecule is CC1(C)CC(O)(ON2C(C)(C)CC(O)CC2(C)C)CC(C)(C)N1O. The minimum Gasteiger partial charge on any atom is -0.393 e. The molecule has 0 aliphatic carbocycles. The second-order valence-electron chi connectivity index (χ2n) is 10.3. The van der Waals surface area contributed by atoms with Crippen LogP contribution in [0.15, 0.2) is 0 Å². The Bertz CT molecular complexity index is 451. The fourth-order valence-electron chi connectivity index (χ4n) is 5.08. The highest BCUT2D eigenvalue weighted by molar-refractivity contribution is 5.02. The summed E-state index contributed by atoms with van der Waals surface area (Å²) in [6.45, 7) is 15.7. The standard InChI is InChI=1S/C18H36N2O4/c1-14(2)9-13(21)10-15(3,4)20(14)24-18(22)11-16(5,6)19(23)17(7,8)12-18/h13,21-23H,9-12H2,1-8H3. The summed E-state index contributed by atoms with van der Waals surface area (Å²) in [7, 11) is 0. The summed E-state index contributed by atoms with van der Waals surface area (Å²) in [5.41, 5.74) is -2.02. The maximum atomic E-state index is 11.3. The van der Waals surface area contributed by atoms with E-state index < -0.39 is 27.9 Å². The number of hydrogen-bond donors (Lipinski definition) is 3. The lowest BCUT2D eigenvalue weighted by atomic mass is 9.77. The monoisotopic (exact) mass is 344 g/mol. The molecule has 2 aliphatic rings. The van der Waals surface area contributed by atoms with Crippen LogP contribution in [-0.4, -0.2) is 59.6 Å². The second-order valence-corrected chi connectivity index (χ2v) is 10.3. The quantitative estimate of drug-likeness (QED) is 0.669. The third kappa shape index (κ3) is 3.64. The molecular formula is C18H36N2O4. The van der Waals surface area contributed by atoms with Crippen LogP contribution in [-0.2, 0) is 4.84 Å². The molecule has 2 saturated heterocycles. The Morgan fingerprint density at radius 1 is 0.792 bits per heavy atom. The van der Waals surface area contributed by atoms with Crippen LogP contribution in [0.1, 0.15) is 81.1 Å². The van der Waals surface area contributed by atoms with E-state index in [-0.39, 0.29) is 6.10 Å². The van der Waals surface area contributed by atoms with Gasteiger partial charge in [-0.25, -0.2) is 0 Å². The van der Waals surface area contributed by atoms with Crippen LogP contribution >= 0.6 is 0 Å². The Labute approximate surface area is 146 Å². The Morgan fingerprint density at radius 3 is 1.54 bits per heavy atom. The van der Waals surface area contributed by atoms with Crippen LogP contribution < -0.4 is 0 Å². The van der Waals surface area contributed by atoms with Gasteiger partial charge in [0, 0.05) is 35.0 Å². The van der Waals surface area contributed by atoms with Gasteiger partial charge >= 0.3 is 0 Å². The largest absolute Gasteiger partial charge is 0.393 e. The van der Waals surface area contributed by atoms with E-state index in [1.54, 1.807) is 0 Å². The van der Waals surface area contributed by atoms with Crippen LogP contribution in [0.5, 0.6) is 0 Å². The maximum absolute atomic E-state index is 11.3. The number of nitrogens with zero attached hydrogens (tertiary/aromatic N) is 2. The number of hydrogen-bond acceptors (Lipinski definition) is 6. The maximum Gasteiger partial charge on any atom is 0.189 e. The molecule has 0 aromatic rings. The number of aliphatic hydroxyl groups is 2. The van der Waals surface area contributed by atoms with Crippen molar-refractivity contribution in [2.24, 2.45) is 0 Å². The molecule has 3 N–H and O–H groups in total. The Balaban J connectivity index is 2.31. The summed E-state index contributed by atoms with van der Waals surface area (Å²) in [5.74, 6) is -1.37. The third-order valence-corrected chi connectivity index (χ3v) is 5.40. The second kappa shape index (κ2) is 5.63. The first kappa shape index (κ1) is 20.1. The normalized spacial score (nSPS) is 32.6. The molecule has 2 aliphatic heterocycles. The van der Waals surface area contributed by atoms with Crippen molar-refractivity contribution in [3.05, 3.63) is 0 Å². The van der Waals surface area contributed by atoms with Crippen molar-refractivity contribution in [2.45, 2.75) is 115 Å². The summed E-state index contributed by atoms with van der Waals surface area (Å²) in [4.78, 5) is 6.26. The molecular weight excluding hydrogens is 308 g/mol. The van der Waals surface area contributed by atoms with Gasteiger partial charge in [0.1, 0.15) is 0 Å². The summed E-state index contributed by atoms with van der Waals surface area (Å²) in [5, 5.41) is 35.1. The summed E-state index contributed by atoms with van der Waals surface area (Å²) in [6, 6.07) is 0. The molecule has 0 radical (unpaired) electrons. The molecule has 24 heavy (non-hydrogen) atoms. The van der Waals surface area contributed by atoms with Gasteiger partial charge in [0.15, 0.2) is 5.79 Å². The topological polar surface area (TPSA) is 76.4 Å². The van der Waals surface area contributed by atoms with Crippen LogP contribution in [0, 0.1) is 0 Å². The van der Waals surface area contributed by atoms with Gasteiger partial charge in [0.2, 0.25) is 0 Å². The fourth-order valence-corrected chi connectivity index (χ4v) is 5.08. The molecule has 142 valence electrons. The van der Waals surface area contributed by atoms with E-state index in [0.29, 0.717) is 25.7 Å². The molecule has 0 saturated carbocycles. The molecule has 0 bridgehead atoms. The number of rotatable bonds is 2. The molecule has 0 aromatic carbocycles. The first-order chi connectivity index (χ1) is 10.5. The Hall–Kier alpha value is -0.240. The summed E-state index contributed by atoms with van der Waals surface area (Å²) < 4.78 is 0. The highest BCUT2D eigenvalue weighted by Gasteiger charge is 2.56. The number of hydroxylamine groups is 4. The van der Waals surface area contributed by atoms with Crippen molar-refractivity contribution in [3.8, 4) is 0 Å². The molecule has 2 rings (SSSR count). The van der Waals surface area contributed by atoms with Crippen LogP contribution in [0.2, 0.25) is 0 Å². The van der Waals surface area contributed by atoms with Crippen molar-refractivity contribution in [1.82, 2.24) is 10.1 Å². The Morgan fingerprint density at radius 2 is 1.17 bits per heavy atom. The Kier molecular flexibility index (Phi) is 4.71. The highest BCUT2D eigenvalue weighted by Crippen LogP contribution is 2.47. The molecule has 6 nitrogen and oxygen atoms in total. The molecule has 0 aromatic heterocycles. The minimum absolute atomic E-state index is 0.297. The molecule has 0 unspecified atom stereocenters. The molecule has 6 heteroatoms. The van der Waals surface area contributed by atoms with Gasteiger partial charge in [0.25, 0.3) is 0 Å². The summed E-state index contributed by atoms with van der Waals surface area (Å²) >= 11 is 0. The first-order valence-corrected chi connectivity index (χ1v) is 8.90. The van der Waals surface area contributed by atoms with E-state index in [2.05, 4.69) is 0 Å². The minimum atomic E-state index is -1.37. The predicted octanol–water partition coefficient (Wildman–Crippen LogP) is 2.66. The van der Waals surface area contributed by atoms with Gasteiger partial charge < -0.3 is 15.4 Å². The molecule has 0 atom stereocenters. The molecule has 2 fully saturated rings. The van der Waals surface area contributed by atoms with Crippen LogP contribution in [0.25, 0.3) is 0 Å². The van der Waals surface area contributed by atoms with Gasteiger partial charge in [-0.1, -0.05) is 0 Å². The van der Waals surface area contributed by atoms with E-state index in [1.165, 1.54) is 5.06 Å². The van der Waals surface area contributed by atoms with Crippen molar-refractivity contribution < 1.29 is 20.3 Å². The smallest absolute Gasteiger partial charge is 0.189 e. The average Bonchev–Trinajstić information content (AvgIpc) is 2.28. The summed E-state index contributed by atoms with van der Waals surface area (Å²) in [6.07, 6.45) is 1.39. The van der Waals surface area contributed by atoms with Gasteiger partial charge in [-0.05, 0) is 68.2 Å². The van der Waals surface area contributed by atoms with Crippen LogP contribution in [0.3, 0.4) is 0 Å². The number of aliphatic hydroxyl groups excluding tert-OH is 1. The van der Waals surface area contributed by atoms with E-state index in [9.17, 15) is 15.4 Å². The average molecular weight is 344 g/mol. The van der Waals surface area contributed by atoms with E-state index in [0.717, 1.165) is 0 Å². The van der Waals surface area contributed by atoms with Crippen molar-refractivity contribution in [2.75, 3.05) is 0 Å².